The molecule has 1 heterocycles. The maximum absolute atomic E-state index is 10.9. The number of nitro benzene ring substituents is 1. The van der Waals surface area contributed by atoms with Gasteiger partial charge in [0.05, 0.1) is 24.7 Å². The number of methoxy groups -OCH3 is 1. The van der Waals surface area contributed by atoms with Crippen molar-refractivity contribution >= 4 is 5.69 Å². The molecule has 1 unspecified atom stereocenters. The minimum Gasteiger partial charge on any atom is -0.490 e. The summed E-state index contributed by atoms with van der Waals surface area (Å²) >= 11 is 0. The molecule has 1 fully saturated rings. The molecule has 1 aromatic carbocycles. The highest BCUT2D eigenvalue weighted by Crippen LogP contribution is 2.27. The van der Waals surface area contributed by atoms with Crippen LogP contribution in [0.3, 0.4) is 0 Å². The molecule has 0 aromatic heterocycles. The number of hydrogen-bond donors (Lipinski definition) is 1. The van der Waals surface area contributed by atoms with Crippen molar-refractivity contribution in [3.05, 3.63) is 33.9 Å². The molecule has 1 saturated heterocycles. The number of nitrogens with one attached hydrogen (secondary N) is 1. The van der Waals surface area contributed by atoms with Crippen LogP contribution in [0.2, 0.25) is 0 Å². The second-order valence-electron chi connectivity index (χ2n) is 4.19. The zero-order chi connectivity index (χ0) is 13.0. The van der Waals surface area contributed by atoms with E-state index in [1.807, 2.05) is 0 Å². The third-order valence-corrected chi connectivity index (χ3v) is 2.94. The van der Waals surface area contributed by atoms with Gasteiger partial charge in [0, 0.05) is 12.6 Å². The first-order valence-electron chi connectivity index (χ1n) is 5.84. The molecule has 0 spiro atoms. The standard InChI is InChI=1S/C12H16N2O4/c1-17-12-3-2-9(6-11(12)14(15)16)8-18-10-4-5-13-7-10/h2-3,6,10,13H,4-5,7-8H2,1H3. The molecule has 98 valence electrons. The van der Waals surface area contributed by atoms with Crippen LogP contribution in [-0.4, -0.2) is 31.2 Å². The molecule has 0 bridgehead atoms. The van der Waals surface area contributed by atoms with Crippen molar-refractivity contribution in [3.8, 4) is 5.75 Å². The molecule has 1 atom stereocenters. The summed E-state index contributed by atoms with van der Waals surface area (Å²) < 4.78 is 10.6. The molecule has 0 saturated carbocycles. The van der Waals surface area contributed by atoms with Gasteiger partial charge in [-0.05, 0) is 24.6 Å². The van der Waals surface area contributed by atoms with Gasteiger partial charge >= 0.3 is 5.69 Å². The van der Waals surface area contributed by atoms with Gasteiger partial charge < -0.3 is 14.8 Å². The van der Waals surface area contributed by atoms with Crippen molar-refractivity contribution in [1.82, 2.24) is 5.32 Å². The monoisotopic (exact) mass is 252 g/mol. The maximum Gasteiger partial charge on any atom is 0.311 e. The predicted molar refractivity (Wildman–Crippen MR) is 65.7 cm³/mol. The molecular weight excluding hydrogens is 236 g/mol. The molecular formula is C12H16N2O4. The van der Waals surface area contributed by atoms with E-state index in [2.05, 4.69) is 5.32 Å². The molecule has 1 aromatic rings. The molecule has 0 radical (unpaired) electrons. The first-order chi connectivity index (χ1) is 8.70. The number of nitro groups is 1. The second-order valence-corrected chi connectivity index (χ2v) is 4.19. The van der Waals surface area contributed by atoms with Crippen LogP contribution in [0.1, 0.15) is 12.0 Å². The Labute approximate surface area is 105 Å². The Bertz CT molecular complexity index is 430. The average Bonchev–Trinajstić information content (AvgIpc) is 2.89. The van der Waals surface area contributed by atoms with Crippen LogP contribution in [0.25, 0.3) is 0 Å². The van der Waals surface area contributed by atoms with Crippen molar-refractivity contribution in [1.29, 1.82) is 0 Å². The van der Waals surface area contributed by atoms with Crippen molar-refractivity contribution < 1.29 is 14.4 Å². The third-order valence-electron chi connectivity index (χ3n) is 2.94. The van der Waals surface area contributed by atoms with E-state index >= 15 is 0 Å². The van der Waals surface area contributed by atoms with Crippen LogP contribution >= 0.6 is 0 Å². The van der Waals surface area contributed by atoms with Gasteiger partial charge in [0.1, 0.15) is 0 Å². The van der Waals surface area contributed by atoms with Gasteiger partial charge in [-0.15, -0.1) is 0 Å². The second kappa shape index (κ2) is 5.79. The summed E-state index contributed by atoms with van der Waals surface area (Å²) in [4.78, 5) is 10.4. The Morgan fingerprint density at radius 2 is 2.39 bits per heavy atom. The van der Waals surface area contributed by atoms with Crippen LogP contribution in [0.4, 0.5) is 5.69 Å². The Hall–Kier alpha value is -1.66. The summed E-state index contributed by atoms with van der Waals surface area (Å²) in [6, 6.07) is 4.89. The molecule has 0 amide bonds. The Morgan fingerprint density at radius 3 is 3.00 bits per heavy atom. The van der Waals surface area contributed by atoms with Crippen LogP contribution in [0.15, 0.2) is 18.2 Å². The van der Waals surface area contributed by atoms with Crippen LogP contribution in [0, 0.1) is 10.1 Å². The number of benzene rings is 1. The molecule has 6 nitrogen and oxygen atoms in total. The third kappa shape index (κ3) is 2.96. The largest absolute Gasteiger partial charge is 0.490 e. The quantitative estimate of drug-likeness (QED) is 0.634. The fourth-order valence-corrected chi connectivity index (χ4v) is 1.95. The summed E-state index contributed by atoms with van der Waals surface area (Å²) in [6.45, 7) is 2.20. The number of ether oxygens (including phenoxy) is 2. The highest BCUT2D eigenvalue weighted by Gasteiger charge is 2.17. The van der Waals surface area contributed by atoms with E-state index < -0.39 is 4.92 Å². The maximum atomic E-state index is 10.9. The average molecular weight is 252 g/mol. The molecule has 1 N–H and O–H groups in total. The summed E-state index contributed by atoms with van der Waals surface area (Å²) in [5.41, 5.74) is 0.762. The van der Waals surface area contributed by atoms with Crippen LogP contribution in [0.5, 0.6) is 5.75 Å². The van der Waals surface area contributed by atoms with Gasteiger partial charge in [-0.2, -0.15) is 0 Å². The molecule has 18 heavy (non-hydrogen) atoms. The lowest BCUT2D eigenvalue weighted by Crippen LogP contribution is -2.16. The summed E-state index contributed by atoms with van der Waals surface area (Å²) in [5, 5.41) is 14.1. The minimum absolute atomic E-state index is 0.0249. The van der Waals surface area contributed by atoms with E-state index in [1.165, 1.54) is 13.2 Å². The molecule has 1 aliphatic heterocycles. The number of nitrogens with zero attached hydrogens (tertiary/aromatic N) is 1. The van der Waals surface area contributed by atoms with Gasteiger partial charge in [-0.25, -0.2) is 0 Å². The van der Waals surface area contributed by atoms with Crippen molar-refractivity contribution in [2.24, 2.45) is 0 Å². The Kier molecular flexibility index (Phi) is 4.11. The summed E-state index contributed by atoms with van der Waals surface area (Å²) in [6.07, 6.45) is 1.18. The van der Waals surface area contributed by atoms with Crippen molar-refractivity contribution in [2.75, 3.05) is 20.2 Å². The van der Waals surface area contributed by atoms with Gasteiger partial charge in [-0.1, -0.05) is 6.07 Å². The lowest BCUT2D eigenvalue weighted by Gasteiger charge is -2.10. The zero-order valence-electron chi connectivity index (χ0n) is 10.2. The minimum atomic E-state index is -0.445. The van der Waals surface area contributed by atoms with E-state index in [9.17, 15) is 10.1 Å². The first-order valence-corrected chi connectivity index (χ1v) is 5.84. The lowest BCUT2D eigenvalue weighted by molar-refractivity contribution is -0.385. The fourth-order valence-electron chi connectivity index (χ4n) is 1.95. The van der Waals surface area contributed by atoms with E-state index in [0.29, 0.717) is 6.61 Å². The lowest BCUT2D eigenvalue weighted by atomic mass is 10.2. The highest BCUT2D eigenvalue weighted by atomic mass is 16.6. The highest BCUT2D eigenvalue weighted by molar-refractivity contribution is 5.48. The summed E-state index contributed by atoms with van der Waals surface area (Å²) in [7, 11) is 1.42. The van der Waals surface area contributed by atoms with Gasteiger partial charge in [0.15, 0.2) is 5.75 Å². The predicted octanol–water partition coefficient (Wildman–Crippen LogP) is 1.48. The van der Waals surface area contributed by atoms with Crippen molar-refractivity contribution in [3.63, 3.8) is 0 Å². The van der Waals surface area contributed by atoms with E-state index in [-0.39, 0.29) is 17.5 Å². The Balaban J connectivity index is 2.04. The zero-order valence-corrected chi connectivity index (χ0v) is 10.2. The normalized spacial score (nSPS) is 18.8. The van der Waals surface area contributed by atoms with Crippen molar-refractivity contribution in [2.45, 2.75) is 19.1 Å². The molecule has 0 aliphatic carbocycles. The molecule has 2 rings (SSSR count). The smallest absolute Gasteiger partial charge is 0.311 e. The topological polar surface area (TPSA) is 73.6 Å². The molecule has 6 heteroatoms. The van der Waals surface area contributed by atoms with Crippen LogP contribution in [-0.2, 0) is 11.3 Å². The fraction of sp³-hybridized carbons (Fsp3) is 0.500. The number of hydrogen-bond acceptors (Lipinski definition) is 5. The SMILES string of the molecule is COc1ccc(COC2CCNC2)cc1[N+](=O)[O-]. The first kappa shape index (κ1) is 12.8. The summed E-state index contributed by atoms with van der Waals surface area (Å²) in [5.74, 6) is 0.270. The van der Waals surface area contributed by atoms with Gasteiger partial charge in [0.25, 0.3) is 0 Å². The molecule has 1 aliphatic rings. The van der Waals surface area contributed by atoms with E-state index in [4.69, 9.17) is 9.47 Å². The van der Waals surface area contributed by atoms with E-state index in [0.717, 1.165) is 25.1 Å². The van der Waals surface area contributed by atoms with Crippen LogP contribution < -0.4 is 10.1 Å². The number of rotatable bonds is 5. The Morgan fingerprint density at radius 1 is 1.56 bits per heavy atom. The van der Waals surface area contributed by atoms with Gasteiger partial charge in [-0.3, -0.25) is 10.1 Å². The van der Waals surface area contributed by atoms with Gasteiger partial charge in [0.2, 0.25) is 0 Å². The van der Waals surface area contributed by atoms with E-state index in [1.54, 1.807) is 12.1 Å².